The predicted octanol–water partition coefficient (Wildman–Crippen LogP) is 3.28. The lowest BCUT2D eigenvalue weighted by atomic mass is 10.2. The Balaban J connectivity index is 4.12. The number of hydrogen-bond acceptors (Lipinski definition) is 2. The molecule has 2 N–H and O–H groups in total. The van der Waals surface area contributed by atoms with Crippen molar-refractivity contribution in [3.63, 3.8) is 0 Å². The Labute approximate surface area is 77.7 Å². The van der Waals surface area contributed by atoms with Crippen LogP contribution in [0.5, 0.6) is 0 Å². The van der Waals surface area contributed by atoms with Gasteiger partial charge in [0.1, 0.15) is 0 Å². The van der Waals surface area contributed by atoms with Crippen LogP contribution in [-0.2, 0) is 0 Å². The molecule has 0 aliphatic rings. The van der Waals surface area contributed by atoms with Crippen molar-refractivity contribution in [1.29, 1.82) is 0 Å². The highest BCUT2D eigenvalue weighted by Gasteiger charge is 2.04. The largest absolute Gasteiger partial charge is 0.404 e. The lowest BCUT2D eigenvalue weighted by Crippen LogP contribution is -1.93. The first-order valence-corrected chi connectivity index (χ1v) is 4.72. The fourth-order valence-electron chi connectivity index (χ4n) is 0.516. The molecule has 0 fully saturated rings. The highest BCUT2D eigenvalue weighted by molar-refractivity contribution is 8.08. The molecule has 0 radical (unpaired) electrons. The van der Waals surface area contributed by atoms with Crippen LogP contribution in [-0.4, -0.2) is 0 Å². The summed E-state index contributed by atoms with van der Waals surface area (Å²) in [6.07, 6.45) is 3.47. The number of hydrogen-bond donors (Lipinski definition) is 1. The summed E-state index contributed by atoms with van der Waals surface area (Å²) in [5.41, 5.74) is 5.41. The van der Waals surface area contributed by atoms with Crippen molar-refractivity contribution >= 4 is 23.4 Å². The molecule has 0 heterocycles. The minimum Gasteiger partial charge on any atom is -0.404 e. The zero-order valence-electron chi connectivity index (χ0n) is 7.10. The maximum atomic E-state index is 5.81. The monoisotopic (exact) mass is 191 g/mol. The van der Waals surface area contributed by atoms with Crippen LogP contribution >= 0.6 is 23.4 Å². The molecule has 0 aliphatic heterocycles. The number of rotatable bonds is 3. The molecule has 0 aromatic rings. The third-order valence-electron chi connectivity index (χ3n) is 1.18. The number of nitrogens with two attached hydrogens (primary N) is 1. The topological polar surface area (TPSA) is 26.0 Å². The summed E-state index contributed by atoms with van der Waals surface area (Å²) in [5.74, 6) is 0.443. The van der Waals surface area contributed by atoms with E-state index in [1.165, 1.54) is 11.8 Å². The van der Waals surface area contributed by atoms with E-state index in [1.54, 1.807) is 6.20 Å². The summed E-state index contributed by atoms with van der Waals surface area (Å²) in [4.78, 5) is 1.10. The molecule has 3 heteroatoms. The van der Waals surface area contributed by atoms with Gasteiger partial charge in [0.05, 0.1) is 4.36 Å². The zero-order chi connectivity index (χ0) is 8.85. The molecule has 64 valence electrons. The van der Waals surface area contributed by atoms with Crippen molar-refractivity contribution in [3.8, 4) is 0 Å². The van der Waals surface area contributed by atoms with Crippen molar-refractivity contribution < 1.29 is 0 Å². The second-order valence-electron chi connectivity index (χ2n) is 2.42. The van der Waals surface area contributed by atoms with Crippen molar-refractivity contribution in [1.82, 2.24) is 0 Å². The van der Waals surface area contributed by atoms with Crippen LogP contribution in [0.4, 0.5) is 0 Å². The summed E-state index contributed by atoms with van der Waals surface area (Å²) in [7, 11) is 0. The first-order valence-electron chi connectivity index (χ1n) is 3.53. The molecule has 0 amide bonds. The molecule has 0 bridgehead atoms. The van der Waals surface area contributed by atoms with Gasteiger partial charge in [0, 0.05) is 11.1 Å². The standard InChI is InChI=1S/C8H14ClNS/c1-4-8(9)11-7(5-10)6(2)3/h4-6H,10H2,1-3H3/b7-5-,8-4-. The van der Waals surface area contributed by atoms with Crippen LogP contribution in [0.15, 0.2) is 21.5 Å². The van der Waals surface area contributed by atoms with Crippen LogP contribution in [0.1, 0.15) is 20.8 Å². The van der Waals surface area contributed by atoms with E-state index in [4.69, 9.17) is 17.3 Å². The van der Waals surface area contributed by atoms with Gasteiger partial charge in [0.25, 0.3) is 0 Å². The van der Waals surface area contributed by atoms with Gasteiger partial charge in [-0.05, 0) is 12.8 Å². The van der Waals surface area contributed by atoms with E-state index >= 15 is 0 Å². The average molecular weight is 192 g/mol. The van der Waals surface area contributed by atoms with Crippen molar-refractivity contribution in [2.75, 3.05) is 0 Å². The van der Waals surface area contributed by atoms with Gasteiger partial charge < -0.3 is 5.73 Å². The quantitative estimate of drug-likeness (QED) is 0.741. The molecule has 1 nitrogen and oxygen atoms in total. The molecule has 0 spiro atoms. The van der Waals surface area contributed by atoms with Crippen molar-refractivity contribution in [2.45, 2.75) is 20.8 Å². The Morgan fingerprint density at radius 1 is 1.55 bits per heavy atom. The lowest BCUT2D eigenvalue weighted by molar-refractivity contribution is 0.814. The molecule has 0 aromatic carbocycles. The summed E-state index contributed by atoms with van der Waals surface area (Å²) in [5, 5.41) is 0. The van der Waals surface area contributed by atoms with Gasteiger partial charge in [-0.25, -0.2) is 0 Å². The molecule has 0 aromatic heterocycles. The van der Waals surface area contributed by atoms with E-state index in [9.17, 15) is 0 Å². The van der Waals surface area contributed by atoms with Crippen LogP contribution in [0, 0.1) is 5.92 Å². The van der Waals surface area contributed by atoms with Gasteiger partial charge in [0.15, 0.2) is 0 Å². The van der Waals surface area contributed by atoms with E-state index in [-0.39, 0.29) is 0 Å². The molecule has 11 heavy (non-hydrogen) atoms. The van der Waals surface area contributed by atoms with Gasteiger partial charge >= 0.3 is 0 Å². The van der Waals surface area contributed by atoms with Crippen molar-refractivity contribution in [2.24, 2.45) is 11.7 Å². The maximum Gasteiger partial charge on any atom is 0.0737 e. The van der Waals surface area contributed by atoms with Gasteiger partial charge in [-0.15, -0.1) is 0 Å². The van der Waals surface area contributed by atoms with E-state index in [0.29, 0.717) is 5.92 Å². The lowest BCUT2D eigenvalue weighted by Gasteiger charge is -2.07. The second kappa shape index (κ2) is 5.56. The molecular weight excluding hydrogens is 178 g/mol. The third kappa shape index (κ3) is 4.38. The van der Waals surface area contributed by atoms with Crippen LogP contribution in [0.3, 0.4) is 0 Å². The molecule has 0 saturated heterocycles. The van der Waals surface area contributed by atoms with E-state index in [2.05, 4.69) is 13.8 Å². The van der Waals surface area contributed by atoms with Gasteiger partial charge in [-0.3, -0.25) is 0 Å². The van der Waals surface area contributed by atoms with Gasteiger partial charge in [-0.1, -0.05) is 43.3 Å². The Hall–Kier alpha value is -0.0800. The SMILES string of the molecule is C/C=C(/Cl)S/C(=C\N)C(C)C. The van der Waals surface area contributed by atoms with E-state index < -0.39 is 0 Å². The first-order chi connectivity index (χ1) is 5.11. The maximum absolute atomic E-state index is 5.81. The molecule has 0 saturated carbocycles. The average Bonchev–Trinajstić information content (AvgIpc) is 1.99. The minimum atomic E-state index is 0.443. The Bertz CT molecular complexity index is 173. The molecule has 0 aliphatic carbocycles. The van der Waals surface area contributed by atoms with E-state index in [0.717, 1.165) is 9.27 Å². The molecule has 0 rings (SSSR count). The Kier molecular flexibility index (Phi) is 5.51. The summed E-state index contributed by atoms with van der Waals surface area (Å²) in [6, 6.07) is 0. The van der Waals surface area contributed by atoms with Crippen LogP contribution in [0.25, 0.3) is 0 Å². The second-order valence-corrected chi connectivity index (χ2v) is 4.17. The Morgan fingerprint density at radius 3 is 2.36 bits per heavy atom. The molecular formula is C8H14ClNS. The molecule has 0 unspecified atom stereocenters. The smallest absolute Gasteiger partial charge is 0.0737 e. The normalized spacial score (nSPS) is 14.3. The van der Waals surface area contributed by atoms with Crippen LogP contribution < -0.4 is 5.73 Å². The van der Waals surface area contributed by atoms with Crippen molar-refractivity contribution in [3.05, 3.63) is 21.5 Å². The number of allylic oxidation sites excluding steroid dienone is 2. The van der Waals surface area contributed by atoms with Crippen LogP contribution in [0.2, 0.25) is 0 Å². The fourth-order valence-corrected chi connectivity index (χ4v) is 1.43. The highest BCUT2D eigenvalue weighted by atomic mass is 35.5. The first kappa shape index (κ1) is 10.9. The van der Waals surface area contributed by atoms with Gasteiger partial charge in [0.2, 0.25) is 0 Å². The van der Waals surface area contributed by atoms with E-state index in [1.807, 2.05) is 13.0 Å². The third-order valence-corrected chi connectivity index (χ3v) is 2.90. The summed E-state index contributed by atoms with van der Waals surface area (Å²) < 4.78 is 0.774. The summed E-state index contributed by atoms with van der Waals surface area (Å²) in [6.45, 7) is 6.08. The predicted molar refractivity (Wildman–Crippen MR) is 54.3 cm³/mol. The molecule has 0 atom stereocenters. The fraction of sp³-hybridized carbons (Fsp3) is 0.500. The minimum absolute atomic E-state index is 0.443. The Morgan fingerprint density at radius 2 is 2.09 bits per heavy atom. The summed E-state index contributed by atoms with van der Waals surface area (Å²) >= 11 is 7.33. The zero-order valence-corrected chi connectivity index (χ0v) is 8.67. The highest BCUT2D eigenvalue weighted by Crippen LogP contribution is 2.32. The van der Waals surface area contributed by atoms with Gasteiger partial charge in [-0.2, -0.15) is 0 Å². The number of halogens is 1. The number of thioether (sulfide) groups is 1.